The molecule has 0 atom stereocenters. The largest absolute Gasteiger partial charge is 0.113 e. The Morgan fingerprint density at radius 2 is 0.872 bits per heavy atom. The maximum Gasteiger partial charge on any atom is 0.113 e. The van der Waals surface area contributed by atoms with E-state index in [-0.39, 0.29) is 0 Å². The molecule has 6 rings (SSSR count). The van der Waals surface area contributed by atoms with E-state index in [4.69, 9.17) is 0 Å². The van der Waals surface area contributed by atoms with Crippen molar-refractivity contribution in [3.63, 3.8) is 0 Å². The average Bonchev–Trinajstić information content (AvgIpc) is 3.66. The van der Waals surface area contributed by atoms with E-state index in [1.807, 2.05) is 0 Å². The Bertz CT molecular complexity index is 1630. The fraction of sp³-hybridized carbons (Fsp3) is 0.391. The summed E-state index contributed by atoms with van der Waals surface area (Å²) >= 11 is 0. The number of hydrogen-bond acceptors (Lipinski definition) is 0. The summed E-state index contributed by atoms with van der Waals surface area (Å²) in [6.45, 7) is 14.7. The van der Waals surface area contributed by atoms with Gasteiger partial charge < -0.3 is 0 Å². The van der Waals surface area contributed by atoms with Crippen LogP contribution < -0.4 is 0 Å². The highest BCUT2D eigenvalue weighted by Gasteiger charge is 2.43. The van der Waals surface area contributed by atoms with Gasteiger partial charge in [-0.05, 0) is 117 Å². The van der Waals surface area contributed by atoms with Crippen LogP contribution in [0.3, 0.4) is 0 Å². The number of allylic oxidation sites excluding steroid dienone is 2. The number of fused-ring (bicyclic) bond motifs is 2. The van der Waals surface area contributed by atoms with E-state index in [9.17, 15) is 0 Å². The second kappa shape index (κ2) is 14.8. The van der Waals surface area contributed by atoms with E-state index in [2.05, 4.69) is 126 Å². The van der Waals surface area contributed by atoms with E-state index >= 15 is 0 Å². The summed E-state index contributed by atoms with van der Waals surface area (Å²) in [5.74, 6) is 0. The summed E-state index contributed by atoms with van der Waals surface area (Å²) < 4.78 is 0. The molecular weight excluding hydrogens is 581 g/mol. The molecule has 0 saturated heterocycles. The van der Waals surface area contributed by atoms with Gasteiger partial charge in [0.2, 0.25) is 0 Å². The van der Waals surface area contributed by atoms with Crippen molar-refractivity contribution in [1.82, 2.24) is 0 Å². The van der Waals surface area contributed by atoms with Crippen LogP contribution in [0.1, 0.15) is 112 Å². The van der Waals surface area contributed by atoms with Crippen LogP contribution in [0.15, 0.2) is 96.1 Å². The molecule has 0 unspecified atom stereocenters. The number of unbranched alkanes of at least 4 members (excludes halogenated alkanes) is 2. The number of benzene rings is 4. The van der Waals surface area contributed by atoms with Crippen molar-refractivity contribution in [2.24, 2.45) is 0 Å². The summed E-state index contributed by atoms with van der Waals surface area (Å²) in [5, 5.41) is 3.47. The van der Waals surface area contributed by atoms with Gasteiger partial charge in [-0.1, -0.05) is 163 Å². The van der Waals surface area contributed by atoms with Gasteiger partial charge in [-0.3, -0.25) is 0 Å². The summed E-state index contributed by atoms with van der Waals surface area (Å²) in [4.78, 5) is 0. The number of hydrogen-bond donors (Lipinski definition) is 0. The van der Waals surface area contributed by atoms with E-state index in [1.54, 1.807) is 43.8 Å². The molecule has 0 bridgehead atoms. The van der Waals surface area contributed by atoms with Gasteiger partial charge in [0.25, 0.3) is 0 Å². The van der Waals surface area contributed by atoms with Crippen molar-refractivity contribution in [2.45, 2.75) is 118 Å². The quantitative estimate of drug-likeness (QED) is 0.121. The molecule has 0 heterocycles. The van der Waals surface area contributed by atoms with Crippen molar-refractivity contribution in [1.29, 1.82) is 0 Å². The van der Waals surface area contributed by atoms with Crippen LogP contribution in [0, 0.1) is 0 Å². The molecule has 4 aromatic carbocycles. The number of aryl methyl sites for hydroxylation is 2. The van der Waals surface area contributed by atoms with Crippen LogP contribution in [0.5, 0.6) is 0 Å². The Balaban J connectivity index is 1.50. The summed E-state index contributed by atoms with van der Waals surface area (Å²) in [6.07, 6.45) is 14.4. The Labute approximate surface area is 287 Å². The number of rotatable bonds is 14. The van der Waals surface area contributed by atoms with Crippen LogP contribution in [-0.4, -0.2) is 8.07 Å². The lowest BCUT2D eigenvalue weighted by Gasteiger charge is -2.33. The van der Waals surface area contributed by atoms with Crippen molar-refractivity contribution in [3.8, 4) is 22.3 Å². The van der Waals surface area contributed by atoms with Gasteiger partial charge in [0.05, 0.1) is 0 Å². The minimum atomic E-state index is -2.17. The molecule has 0 nitrogen and oxygen atoms in total. The lowest BCUT2D eigenvalue weighted by molar-refractivity contribution is 0.795. The third-order valence-corrected chi connectivity index (χ3v) is 14.5. The first-order valence-electron chi connectivity index (χ1n) is 18.8. The highest BCUT2D eigenvalue weighted by atomic mass is 28.3. The molecule has 0 aromatic heterocycles. The first-order valence-corrected chi connectivity index (χ1v) is 21.8. The van der Waals surface area contributed by atoms with E-state index in [0.29, 0.717) is 0 Å². The predicted molar refractivity (Wildman–Crippen MR) is 210 cm³/mol. The molecule has 0 aliphatic heterocycles. The first-order chi connectivity index (χ1) is 22.9. The van der Waals surface area contributed by atoms with Crippen molar-refractivity contribution in [3.05, 3.63) is 129 Å². The minimum Gasteiger partial charge on any atom is -0.0655 e. The SMILES string of the molecule is CCCCc1ccc(-c2cccc3c2C([Si](C)(C)C2=C(CCC)Cc4cccc(-c5ccc(CCCC)cc5)c42)=C(CCC)C3)cc1. The van der Waals surface area contributed by atoms with E-state index in [1.165, 1.54) is 97.6 Å². The van der Waals surface area contributed by atoms with Gasteiger partial charge in [0.15, 0.2) is 0 Å². The lowest BCUT2D eigenvalue weighted by Crippen LogP contribution is -2.32. The second-order valence-electron chi connectivity index (χ2n) is 14.7. The zero-order chi connectivity index (χ0) is 33.0. The second-order valence-corrected chi connectivity index (χ2v) is 19.0. The fourth-order valence-corrected chi connectivity index (χ4v) is 13.0. The molecule has 0 spiro atoms. The minimum absolute atomic E-state index is 1.11. The zero-order valence-electron chi connectivity index (χ0n) is 30.1. The highest BCUT2D eigenvalue weighted by Crippen LogP contribution is 2.53. The van der Waals surface area contributed by atoms with Crippen molar-refractivity contribution in [2.75, 3.05) is 0 Å². The van der Waals surface area contributed by atoms with E-state index < -0.39 is 8.07 Å². The molecule has 4 aromatic rings. The standard InChI is InChI=1S/C46H56Si/c1-7-11-17-33-23-27-35(28-24-33)41-21-13-19-37-31-39(15-9-3)45(43(37)41)47(5,6)46-40(16-10-4)32-38-20-14-22-42(44(38)46)36-29-25-34(26-30-36)18-12-8-2/h13-14,19-30H,7-12,15-18,31-32H2,1-6H3. The molecule has 0 saturated carbocycles. The van der Waals surface area contributed by atoms with Gasteiger partial charge in [-0.15, -0.1) is 0 Å². The molecule has 1 heteroatoms. The zero-order valence-corrected chi connectivity index (χ0v) is 31.1. The Morgan fingerprint density at radius 3 is 1.23 bits per heavy atom. The summed E-state index contributed by atoms with van der Waals surface area (Å²) in [6, 6.07) is 33.4. The highest BCUT2D eigenvalue weighted by molar-refractivity contribution is 7.09. The van der Waals surface area contributed by atoms with Gasteiger partial charge in [-0.2, -0.15) is 0 Å². The molecule has 2 aliphatic carbocycles. The topological polar surface area (TPSA) is 0 Å². The first kappa shape index (κ1) is 33.5. The lowest BCUT2D eigenvalue weighted by atomic mass is 9.95. The van der Waals surface area contributed by atoms with Crippen LogP contribution in [0.2, 0.25) is 13.1 Å². The maximum atomic E-state index is 2.70. The van der Waals surface area contributed by atoms with Gasteiger partial charge in [0.1, 0.15) is 8.07 Å². The van der Waals surface area contributed by atoms with Crippen LogP contribution >= 0.6 is 0 Å². The predicted octanol–water partition coefficient (Wildman–Crippen LogP) is 13.4. The maximum absolute atomic E-state index is 2.70. The normalized spacial score (nSPS) is 14.3. The summed E-state index contributed by atoms with van der Waals surface area (Å²) in [5.41, 5.74) is 18.2. The van der Waals surface area contributed by atoms with Crippen LogP contribution in [0.25, 0.3) is 32.6 Å². The summed E-state index contributed by atoms with van der Waals surface area (Å²) in [7, 11) is -2.17. The molecule has 2 aliphatic rings. The Hall–Kier alpha value is -3.42. The smallest absolute Gasteiger partial charge is 0.0655 e. The molecule has 47 heavy (non-hydrogen) atoms. The Morgan fingerprint density at radius 1 is 0.468 bits per heavy atom. The van der Waals surface area contributed by atoms with Crippen molar-refractivity contribution < 1.29 is 0 Å². The monoisotopic (exact) mass is 636 g/mol. The molecular formula is C46H56Si. The Kier molecular flexibility index (Phi) is 10.5. The molecule has 0 N–H and O–H groups in total. The van der Waals surface area contributed by atoms with Crippen LogP contribution in [0.4, 0.5) is 0 Å². The third-order valence-electron chi connectivity index (χ3n) is 10.8. The van der Waals surface area contributed by atoms with Crippen LogP contribution in [-0.2, 0) is 25.7 Å². The van der Waals surface area contributed by atoms with Gasteiger partial charge in [-0.25, -0.2) is 0 Å². The molecule has 0 fully saturated rings. The van der Waals surface area contributed by atoms with Gasteiger partial charge >= 0.3 is 0 Å². The van der Waals surface area contributed by atoms with E-state index in [0.717, 1.165) is 12.8 Å². The molecule has 244 valence electrons. The van der Waals surface area contributed by atoms with Crippen molar-refractivity contribution >= 4 is 18.5 Å². The van der Waals surface area contributed by atoms with Gasteiger partial charge in [0, 0.05) is 0 Å². The molecule has 0 amide bonds. The molecule has 0 radical (unpaired) electrons. The fourth-order valence-electron chi connectivity index (χ4n) is 8.68. The average molecular weight is 637 g/mol. The third kappa shape index (κ3) is 6.66.